The first-order valence-electron chi connectivity index (χ1n) is 9.41. The van der Waals surface area contributed by atoms with Crippen LogP contribution in [0.2, 0.25) is 0 Å². The summed E-state index contributed by atoms with van der Waals surface area (Å²) in [6.07, 6.45) is 8.99. The molecule has 0 radical (unpaired) electrons. The molecule has 0 spiro atoms. The highest BCUT2D eigenvalue weighted by molar-refractivity contribution is 5.81. The van der Waals surface area contributed by atoms with Gasteiger partial charge in [0.05, 0.1) is 0 Å². The van der Waals surface area contributed by atoms with Gasteiger partial charge in [-0.05, 0) is 12.8 Å². The summed E-state index contributed by atoms with van der Waals surface area (Å²) in [6, 6.07) is 0. The minimum absolute atomic E-state index is 0.0881. The predicted molar refractivity (Wildman–Crippen MR) is 91.3 cm³/mol. The fraction of sp³-hybridized carbons (Fsp3) is 0.889. The third kappa shape index (κ3) is 17.3. The van der Waals surface area contributed by atoms with Crippen LogP contribution in [-0.2, 0) is 9.59 Å². The molecule has 4 nitrogen and oxygen atoms in total. The van der Waals surface area contributed by atoms with Gasteiger partial charge in [0.25, 0.3) is 0 Å². The van der Waals surface area contributed by atoms with E-state index in [0.717, 1.165) is 44.9 Å². The number of carboxylic acids is 1. The zero-order valence-corrected chi connectivity index (χ0v) is 15.0. The number of halogens is 3. The molecule has 25 heavy (non-hydrogen) atoms. The molecule has 0 atom stereocenters. The number of carbonyl (C=O) groups is 2. The van der Waals surface area contributed by atoms with Crippen LogP contribution in [-0.4, -0.2) is 29.7 Å². The van der Waals surface area contributed by atoms with E-state index in [9.17, 15) is 22.8 Å². The van der Waals surface area contributed by atoms with E-state index >= 15 is 0 Å². The Balaban J connectivity index is 3.15. The summed E-state index contributed by atoms with van der Waals surface area (Å²) in [4.78, 5) is 20.9. The molecule has 148 valence electrons. The van der Waals surface area contributed by atoms with Gasteiger partial charge in [-0.2, -0.15) is 13.2 Å². The van der Waals surface area contributed by atoms with Crippen LogP contribution in [0, 0.1) is 0 Å². The Kier molecular flexibility index (Phi) is 14.3. The monoisotopic (exact) mass is 367 g/mol. The average Bonchev–Trinajstić information content (AvgIpc) is 2.53. The lowest BCUT2D eigenvalue weighted by atomic mass is 10.0. The van der Waals surface area contributed by atoms with Crippen LogP contribution in [0.15, 0.2) is 0 Å². The summed E-state index contributed by atoms with van der Waals surface area (Å²) in [7, 11) is 0. The summed E-state index contributed by atoms with van der Waals surface area (Å²) in [5.41, 5.74) is 0. The molecule has 7 heteroatoms. The van der Waals surface area contributed by atoms with Gasteiger partial charge in [0.1, 0.15) is 0 Å². The topological polar surface area (TPSA) is 66.4 Å². The van der Waals surface area contributed by atoms with Crippen molar-refractivity contribution in [2.45, 2.75) is 96.1 Å². The molecule has 0 bridgehead atoms. The number of carbonyl (C=O) groups excluding carboxylic acids is 1. The van der Waals surface area contributed by atoms with Gasteiger partial charge >= 0.3 is 18.1 Å². The standard InChI is InChI=1S/C18H32F3NO3/c19-18(20,21)17(25)22-15-13-11-9-7-5-3-1-2-4-6-8-10-12-14-16(23)24/h1-15H2,(H,22,25)(H,23,24). The minimum Gasteiger partial charge on any atom is -0.481 e. The molecule has 0 aromatic heterocycles. The number of unbranched alkanes of at least 4 members (excludes halogenated alkanes) is 12. The molecule has 0 aliphatic heterocycles. The summed E-state index contributed by atoms with van der Waals surface area (Å²) in [6.45, 7) is 0.0881. The molecule has 2 N–H and O–H groups in total. The van der Waals surface area contributed by atoms with E-state index in [4.69, 9.17) is 5.11 Å². The van der Waals surface area contributed by atoms with E-state index in [1.165, 1.54) is 32.1 Å². The Bertz CT molecular complexity index is 360. The van der Waals surface area contributed by atoms with Crippen molar-refractivity contribution in [3.05, 3.63) is 0 Å². The summed E-state index contributed by atoms with van der Waals surface area (Å²) < 4.78 is 35.8. The molecule has 0 rings (SSSR count). The summed E-state index contributed by atoms with van der Waals surface area (Å²) in [5, 5.41) is 10.4. The fourth-order valence-electron chi connectivity index (χ4n) is 2.65. The largest absolute Gasteiger partial charge is 0.481 e. The van der Waals surface area contributed by atoms with Crippen LogP contribution in [0.25, 0.3) is 0 Å². The van der Waals surface area contributed by atoms with Crippen LogP contribution in [0.1, 0.15) is 89.9 Å². The van der Waals surface area contributed by atoms with Gasteiger partial charge in [-0.3, -0.25) is 9.59 Å². The number of carboxylic acid groups (broad SMARTS) is 1. The summed E-state index contributed by atoms with van der Waals surface area (Å²) in [5.74, 6) is -2.57. The third-order valence-corrected chi connectivity index (χ3v) is 4.11. The average molecular weight is 367 g/mol. The molecule has 0 heterocycles. The van der Waals surface area contributed by atoms with Gasteiger partial charge in [0.2, 0.25) is 0 Å². The minimum atomic E-state index is -4.78. The first-order valence-corrected chi connectivity index (χ1v) is 9.41. The number of hydrogen-bond donors (Lipinski definition) is 2. The molecular formula is C18H32F3NO3. The molecule has 0 saturated heterocycles. The van der Waals surface area contributed by atoms with Crippen molar-refractivity contribution < 1.29 is 27.9 Å². The SMILES string of the molecule is O=C(O)CCCCCCCCCCCCCCCNC(=O)C(F)(F)F. The zero-order valence-electron chi connectivity index (χ0n) is 15.0. The van der Waals surface area contributed by atoms with Crippen molar-refractivity contribution in [3.63, 3.8) is 0 Å². The molecular weight excluding hydrogens is 335 g/mol. The lowest BCUT2D eigenvalue weighted by Crippen LogP contribution is -2.37. The molecule has 0 unspecified atom stereocenters. The first kappa shape index (κ1) is 23.7. The van der Waals surface area contributed by atoms with Crippen LogP contribution in [0.3, 0.4) is 0 Å². The Morgan fingerprint density at radius 1 is 0.680 bits per heavy atom. The van der Waals surface area contributed by atoms with E-state index in [1.807, 2.05) is 5.32 Å². The lowest BCUT2D eigenvalue weighted by Gasteiger charge is -2.07. The number of alkyl halides is 3. The second-order valence-electron chi connectivity index (χ2n) is 6.49. The fourth-order valence-corrected chi connectivity index (χ4v) is 2.65. The maximum atomic E-state index is 11.9. The quantitative estimate of drug-likeness (QED) is 0.368. The van der Waals surface area contributed by atoms with Gasteiger partial charge in [-0.25, -0.2) is 0 Å². The van der Waals surface area contributed by atoms with Crippen molar-refractivity contribution in [1.29, 1.82) is 0 Å². The Labute approximate surface area is 148 Å². The van der Waals surface area contributed by atoms with Crippen LogP contribution in [0.5, 0.6) is 0 Å². The third-order valence-electron chi connectivity index (χ3n) is 4.11. The van der Waals surface area contributed by atoms with E-state index < -0.39 is 18.1 Å². The van der Waals surface area contributed by atoms with Crippen molar-refractivity contribution in [2.24, 2.45) is 0 Å². The van der Waals surface area contributed by atoms with Crippen LogP contribution < -0.4 is 5.32 Å². The highest BCUT2D eigenvalue weighted by atomic mass is 19.4. The van der Waals surface area contributed by atoms with Gasteiger partial charge in [0.15, 0.2) is 0 Å². The predicted octanol–water partition coefficient (Wildman–Crippen LogP) is 5.21. The molecule has 1 amide bonds. The molecule has 0 aromatic rings. The molecule has 0 saturated carbocycles. The van der Waals surface area contributed by atoms with Crippen molar-refractivity contribution >= 4 is 11.9 Å². The first-order chi connectivity index (χ1) is 11.8. The van der Waals surface area contributed by atoms with Gasteiger partial charge in [0, 0.05) is 13.0 Å². The number of hydrogen-bond acceptors (Lipinski definition) is 2. The highest BCUT2D eigenvalue weighted by Gasteiger charge is 2.38. The smallest absolute Gasteiger partial charge is 0.471 e. The zero-order chi connectivity index (χ0) is 19.0. The van der Waals surface area contributed by atoms with E-state index in [0.29, 0.717) is 6.42 Å². The second-order valence-corrected chi connectivity index (χ2v) is 6.49. The maximum absolute atomic E-state index is 11.9. The van der Waals surface area contributed by atoms with Crippen LogP contribution in [0.4, 0.5) is 13.2 Å². The Morgan fingerprint density at radius 3 is 1.40 bits per heavy atom. The van der Waals surface area contributed by atoms with Crippen LogP contribution >= 0.6 is 0 Å². The lowest BCUT2D eigenvalue weighted by molar-refractivity contribution is -0.173. The Morgan fingerprint density at radius 2 is 1.04 bits per heavy atom. The number of rotatable bonds is 16. The highest BCUT2D eigenvalue weighted by Crippen LogP contribution is 2.15. The molecule has 0 aromatic carbocycles. The van der Waals surface area contributed by atoms with Gasteiger partial charge in [-0.1, -0.05) is 70.6 Å². The molecule has 0 aliphatic carbocycles. The van der Waals surface area contributed by atoms with E-state index in [-0.39, 0.29) is 13.0 Å². The maximum Gasteiger partial charge on any atom is 0.471 e. The summed E-state index contributed by atoms with van der Waals surface area (Å²) >= 11 is 0. The Hall–Kier alpha value is -1.27. The van der Waals surface area contributed by atoms with E-state index in [2.05, 4.69) is 0 Å². The van der Waals surface area contributed by atoms with E-state index in [1.54, 1.807) is 0 Å². The molecule has 0 aliphatic rings. The van der Waals surface area contributed by atoms with Gasteiger partial charge < -0.3 is 10.4 Å². The number of aliphatic carboxylic acids is 1. The second kappa shape index (κ2) is 15.0. The number of nitrogens with one attached hydrogen (secondary N) is 1. The number of amides is 1. The van der Waals surface area contributed by atoms with Crippen molar-refractivity contribution in [3.8, 4) is 0 Å². The van der Waals surface area contributed by atoms with Gasteiger partial charge in [-0.15, -0.1) is 0 Å². The molecule has 0 fully saturated rings. The normalized spacial score (nSPS) is 11.5. The van der Waals surface area contributed by atoms with Crippen molar-refractivity contribution in [2.75, 3.05) is 6.54 Å². The van der Waals surface area contributed by atoms with Crippen molar-refractivity contribution in [1.82, 2.24) is 5.32 Å².